The summed E-state index contributed by atoms with van der Waals surface area (Å²) in [6.45, 7) is 7.74. The molecule has 3 heteroatoms. The first kappa shape index (κ1) is 14.8. The van der Waals surface area contributed by atoms with Crippen molar-refractivity contribution in [3.63, 3.8) is 0 Å². The van der Waals surface area contributed by atoms with Crippen molar-refractivity contribution < 1.29 is 4.42 Å². The van der Waals surface area contributed by atoms with Gasteiger partial charge >= 0.3 is 0 Å². The van der Waals surface area contributed by atoms with Crippen molar-refractivity contribution in [3.8, 4) is 0 Å². The molecule has 0 saturated heterocycles. The monoisotopic (exact) mass is 272 g/mol. The third kappa shape index (κ3) is 4.51. The van der Waals surface area contributed by atoms with Crippen molar-refractivity contribution in [2.75, 3.05) is 13.1 Å². The topological polar surface area (TPSA) is 42.4 Å². The van der Waals surface area contributed by atoms with E-state index >= 15 is 0 Å². The lowest BCUT2D eigenvalue weighted by Gasteiger charge is -2.31. The molecule has 1 heterocycles. The van der Waals surface area contributed by atoms with Crippen LogP contribution in [0.4, 0.5) is 0 Å². The van der Waals surface area contributed by atoms with Crippen molar-refractivity contribution in [1.82, 2.24) is 4.90 Å². The van der Waals surface area contributed by atoms with Crippen LogP contribution in [0.5, 0.6) is 0 Å². The summed E-state index contributed by atoms with van der Waals surface area (Å²) in [4.78, 5) is 2.39. The van der Waals surface area contributed by atoms with Crippen LogP contribution in [0, 0.1) is 5.41 Å². The fraction of sp³-hybridized carbons (Fsp3) is 0.412. The molecule has 0 aliphatic carbocycles. The van der Waals surface area contributed by atoms with E-state index in [0.29, 0.717) is 6.54 Å². The normalized spacial score (nSPS) is 12.0. The Morgan fingerprint density at radius 2 is 1.80 bits per heavy atom. The zero-order valence-corrected chi connectivity index (χ0v) is 12.4. The minimum Gasteiger partial charge on any atom is -0.468 e. The third-order valence-electron chi connectivity index (χ3n) is 3.41. The maximum atomic E-state index is 5.87. The molecule has 3 nitrogen and oxygen atoms in total. The van der Waals surface area contributed by atoms with Gasteiger partial charge in [0.25, 0.3) is 0 Å². The Bertz CT molecular complexity index is 491. The third-order valence-corrected chi connectivity index (χ3v) is 3.41. The zero-order chi connectivity index (χ0) is 14.4. The molecular formula is C17H24N2O. The maximum Gasteiger partial charge on any atom is 0.117 e. The molecule has 2 N–H and O–H groups in total. The van der Waals surface area contributed by atoms with E-state index in [2.05, 4.69) is 43.0 Å². The zero-order valence-electron chi connectivity index (χ0n) is 12.4. The number of rotatable bonds is 7. The second kappa shape index (κ2) is 6.73. The molecule has 0 saturated carbocycles. The van der Waals surface area contributed by atoms with E-state index in [4.69, 9.17) is 10.2 Å². The highest BCUT2D eigenvalue weighted by molar-refractivity contribution is 5.14. The van der Waals surface area contributed by atoms with Crippen LogP contribution < -0.4 is 5.73 Å². The molecule has 0 aliphatic heterocycles. The second-order valence-electron chi connectivity index (χ2n) is 6.08. The van der Waals surface area contributed by atoms with E-state index in [1.807, 2.05) is 18.2 Å². The minimum absolute atomic E-state index is 0.0986. The second-order valence-corrected chi connectivity index (χ2v) is 6.08. The largest absolute Gasteiger partial charge is 0.468 e. The molecule has 0 atom stereocenters. The predicted octanol–water partition coefficient (Wildman–Crippen LogP) is 3.27. The molecule has 0 aliphatic rings. The molecule has 0 fully saturated rings. The smallest absolute Gasteiger partial charge is 0.117 e. The average molecular weight is 272 g/mol. The van der Waals surface area contributed by atoms with Gasteiger partial charge in [-0.05, 0) is 29.7 Å². The van der Waals surface area contributed by atoms with Crippen molar-refractivity contribution >= 4 is 0 Å². The summed E-state index contributed by atoms with van der Waals surface area (Å²) in [7, 11) is 0. The molecule has 0 amide bonds. The van der Waals surface area contributed by atoms with Crippen LogP contribution >= 0.6 is 0 Å². The molecular weight excluding hydrogens is 248 g/mol. The van der Waals surface area contributed by atoms with Crippen LogP contribution in [-0.2, 0) is 13.1 Å². The Kier molecular flexibility index (Phi) is 4.99. The molecule has 2 rings (SSSR count). The Morgan fingerprint density at radius 3 is 2.40 bits per heavy atom. The van der Waals surface area contributed by atoms with E-state index in [1.165, 1.54) is 5.56 Å². The van der Waals surface area contributed by atoms with Gasteiger partial charge in [-0.1, -0.05) is 44.2 Å². The number of furan rings is 1. The number of nitrogens with two attached hydrogens (primary N) is 1. The van der Waals surface area contributed by atoms with Crippen LogP contribution in [-0.4, -0.2) is 18.0 Å². The van der Waals surface area contributed by atoms with Crippen LogP contribution in [0.3, 0.4) is 0 Å². The first-order valence-corrected chi connectivity index (χ1v) is 7.08. The lowest BCUT2D eigenvalue weighted by molar-refractivity contribution is 0.158. The van der Waals surface area contributed by atoms with Gasteiger partial charge < -0.3 is 10.2 Å². The van der Waals surface area contributed by atoms with Crippen molar-refractivity contribution in [3.05, 3.63) is 60.1 Å². The Balaban J connectivity index is 2.07. The Morgan fingerprint density at radius 1 is 1.05 bits per heavy atom. The first-order chi connectivity index (χ1) is 9.59. The summed E-state index contributed by atoms with van der Waals surface area (Å²) in [6.07, 6.45) is 1.73. The SMILES string of the molecule is CC(C)(CN)CN(Cc1ccccc1)Cc1ccco1. The fourth-order valence-electron chi connectivity index (χ4n) is 2.30. The number of benzene rings is 1. The van der Waals surface area contributed by atoms with Gasteiger partial charge in [-0.3, -0.25) is 4.90 Å². The van der Waals surface area contributed by atoms with E-state index < -0.39 is 0 Å². The summed E-state index contributed by atoms with van der Waals surface area (Å²) < 4.78 is 5.48. The van der Waals surface area contributed by atoms with Crippen LogP contribution in [0.1, 0.15) is 25.2 Å². The molecule has 0 unspecified atom stereocenters. The van der Waals surface area contributed by atoms with Gasteiger partial charge in [0.2, 0.25) is 0 Å². The molecule has 2 aromatic rings. The molecule has 0 bridgehead atoms. The van der Waals surface area contributed by atoms with Gasteiger partial charge in [0.05, 0.1) is 12.8 Å². The number of nitrogens with zero attached hydrogens (tertiary/aromatic N) is 1. The van der Waals surface area contributed by atoms with E-state index in [1.54, 1.807) is 6.26 Å². The molecule has 20 heavy (non-hydrogen) atoms. The standard InChI is InChI=1S/C17H24N2O/c1-17(2,13-18)14-19(12-16-9-6-10-20-16)11-15-7-4-3-5-8-15/h3-10H,11-14,18H2,1-2H3. The van der Waals surface area contributed by atoms with E-state index in [9.17, 15) is 0 Å². The van der Waals surface area contributed by atoms with E-state index in [-0.39, 0.29) is 5.41 Å². The molecule has 0 radical (unpaired) electrons. The minimum atomic E-state index is 0.0986. The fourth-order valence-corrected chi connectivity index (χ4v) is 2.30. The molecule has 0 spiro atoms. The number of hydrogen-bond acceptors (Lipinski definition) is 3. The van der Waals surface area contributed by atoms with Gasteiger partial charge in [-0.2, -0.15) is 0 Å². The summed E-state index contributed by atoms with van der Waals surface area (Å²) >= 11 is 0. The Labute approximate surface area is 121 Å². The number of hydrogen-bond donors (Lipinski definition) is 1. The summed E-state index contributed by atoms with van der Waals surface area (Å²) in [5.74, 6) is 0.994. The van der Waals surface area contributed by atoms with Gasteiger partial charge in [0.15, 0.2) is 0 Å². The highest BCUT2D eigenvalue weighted by Crippen LogP contribution is 2.19. The van der Waals surface area contributed by atoms with Crippen molar-refractivity contribution in [1.29, 1.82) is 0 Å². The summed E-state index contributed by atoms with van der Waals surface area (Å²) in [5, 5.41) is 0. The van der Waals surface area contributed by atoms with Gasteiger partial charge in [0.1, 0.15) is 5.76 Å². The maximum absolute atomic E-state index is 5.87. The Hall–Kier alpha value is -1.58. The highest BCUT2D eigenvalue weighted by atomic mass is 16.3. The van der Waals surface area contributed by atoms with Crippen LogP contribution in [0.15, 0.2) is 53.1 Å². The molecule has 1 aromatic heterocycles. The predicted molar refractivity (Wildman–Crippen MR) is 82.1 cm³/mol. The quantitative estimate of drug-likeness (QED) is 0.841. The van der Waals surface area contributed by atoms with Crippen LogP contribution in [0.2, 0.25) is 0 Å². The van der Waals surface area contributed by atoms with Gasteiger partial charge in [-0.15, -0.1) is 0 Å². The molecule has 1 aromatic carbocycles. The van der Waals surface area contributed by atoms with E-state index in [0.717, 1.165) is 25.4 Å². The average Bonchev–Trinajstić information content (AvgIpc) is 2.92. The lowest BCUT2D eigenvalue weighted by Crippen LogP contribution is -2.38. The van der Waals surface area contributed by atoms with Crippen molar-refractivity contribution in [2.45, 2.75) is 26.9 Å². The lowest BCUT2D eigenvalue weighted by atomic mass is 9.93. The highest BCUT2D eigenvalue weighted by Gasteiger charge is 2.21. The van der Waals surface area contributed by atoms with Crippen LogP contribution in [0.25, 0.3) is 0 Å². The summed E-state index contributed by atoms with van der Waals surface area (Å²) in [5.41, 5.74) is 7.28. The van der Waals surface area contributed by atoms with Gasteiger partial charge in [0, 0.05) is 13.1 Å². The van der Waals surface area contributed by atoms with Gasteiger partial charge in [-0.25, -0.2) is 0 Å². The molecule has 108 valence electrons. The first-order valence-electron chi connectivity index (χ1n) is 7.08. The summed E-state index contributed by atoms with van der Waals surface area (Å²) in [6, 6.07) is 14.5. The van der Waals surface area contributed by atoms with Crippen molar-refractivity contribution in [2.24, 2.45) is 11.1 Å².